The van der Waals surface area contributed by atoms with E-state index >= 15 is 0 Å². The van der Waals surface area contributed by atoms with E-state index in [0.29, 0.717) is 17.1 Å². The highest BCUT2D eigenvalue weighted by Crippen LogP contribution is 2.27. The molecule has 0 spiro atoms. The van der Waals surface area contributed by atoms with E-state index in [0.717, 1.165) is 10.0 Å². The number of primary amides is 1. The van der Waals surface area contributed by atoms with Crippen LogP contribution in [0.1, 0.15) is 12.0 Å². The number of nitrogens with two attached hydrogens (primary N) is 1. The van der Waals surface area contributed by atoms with Gasteiger partial charge in [0.25, 0.3) is 5.91 Å². The lowest BCUT2D eigenvalue weighted by molar-refractivity contribution is -0.123. The van der Waals surface area contributed by atoms with Crippen LogP contribution in [0.5, 0.6) is 5.75 Å². The van der Waals surface area contributed by atoms with Crippen LogP contribution in [-0.4, -0.2) is 30.9 Å². The number of hydrogen-bond acceptors (Lipinski definition) is 4. The minimum Gasteiger partial charge on any atom is -0.484 e. The summed E-state index contributed by atoms with van der Waals surface area (Å²) in [5.74, 6) is -0.858. The molecule has 1 aliphatic rings. The molecule has 3 rings (SSSR count). The Kier molecular flexibility index (Phi) is 5.99. The van der Waals surface area contributed by atoms with Gasteiger partial charge in [0.05, 0.1) is 11.6 Å². The molecule has 0 saturated carbocycles. The minimum atomic E-state index is -0.470. The van der Waals surface area contributed by atoms with Gasteiger partial charge in [-0.2, -0.15) is 0 Å². The van der Waals surface area contributed by atoms with E-state index < -0.39 is 11.8 Å². The zero-order valence-electron chi connectivity index (χ0n) is 15.3. The number of halogens is 1. The van der Waals surface area contributed by atoms with E-state index in [9.17, 15) is 14.4 Å². The zero-order chi connectivity index (χ0) is 20.3. The third kappa shape index (κ3) is 4.69. The molecule has 1 atom stereocenters. The lowest BCUT2D eigenvalue weighted by atomic mass is 10.1. The van der Waals surface area contributed by atoms with Crippen molar-refractivity contribution in [3.8, 4) is 5.75 Å². The monoisotopic (exact) mass is 445 g/mol. The molecule has 3 amide bonds. The molecule has 0 radical (unpaired) electrons. The molecule has 0 unspecified atom stereocenters. The van der Waals surface area contributed by atoms with E-state index in [2.05, 4.69) is 21.2 Å². The fourth-order valence-corrected chi connectivity index (χ4v) is 3.52. The molecule has 1 saturated heterocycles. The SMILES string of the molecule is Cc1ccc(NC(=O)COc2ccc(N3C[C@@H](C(N)=O)CC3=O)cc2)c(Br)c1. The van der Waals surface area contributed by atoms with Gasteiger partial charge in [-0.05, 0) is 64.8 Å². The number of amides is 3. The Labute approximate surface area is 171 Å². The highest BCUT2D eigenvalue weighted by molar-refractivity contribution is 9.10. The molecule has 0 bridgehead atoms. The molecule has 1 fully saturated rings. The molecule has 8 heteroatoms. The summed E-state index contributed by atoms with van der Waals surface area (Å²) in [6, 6.07) is 12.4. The number of nitrogens with one attached hydrogen (secondary N) is 1. The first-order valence-corrected chi connectivity index (χ1v) is 9.51. The summed E-state index contributed by atoms with van der Waals surface area (Å²) in [5.41, 5.74) is 7.70. The number of rotatable bonds is 6. The second-order valence-corrected chi connectivity index (χ2v) is 7.48. The topological polar surface area (TPSA) is 102 Å². The summed E-state index contributed by atoms with van der Waals surface area (Å²) in [6.45, 7) is 2.10. The number of carbonyl (C=O) groups excluding carboxylic acids is 3. The third-order valence-corrected chi connectivity index (χ3v) is 5.10. The smallest absolute Gasteiger partial charge is 0.262 e. The number of hydrogen-bond donors (Lipinski definition) is 2. The highest BCUT2D eigenvalue weighted by atomic mass is 79.9. The van der Waals surface area contributed by atoms with Crippen LogP contribution in [0.25, 0.3) is 0 Å². The Morgan fingerprint density at radius 1 is 1.25 bits per heavy atom. The van der Waals surface area contributed by atoms with E-state index in [1.165, 1.54) is 4.90 Å². The van der Waals surface area contributed by atoms with Gasteiger partial charge in [-0.3, -0.25) is 14.4 Å². The first-order valence-electron chi connectivity index (χ1n) is 8.72. The fraction of sp³-hybridized carbons (Fsp3) is 0.250. The summed E-state index contributed by atoms with van der Waals surface area (Å²) in [7, 11) is 0. The Morgan fingerprint density at radius 3 is 2.57 bits per heavy atom. The van der Waals surface area contributed by atoms with Crippen molar-refractivity contribution in [2.75, 3.05) is 23.4 Å². The molecule has 1 aliphatic heterocycles. The summed E-state index contributed by atoms with van der Waals surface area (Å²) in [5, 5.41) is 2.78. The summed E-state index contributed by atoms with van der Waals surface area (Å²) >= 11 is 3.41. The second kappa shape index (κ2) is 8.43. The second-order valence-electron chi connectivity index (χ2n) is 6.62. The fourth-order valence-electron chi connectivity index (χ4n) is 2.93. The molecular weight excluding hydrogens is 426 g/mol. The Morgan fingerprint density at radius 2 is 1.96 bits per heavy atom. The molecule has 3 N–H and O–H groups in total. The van der Waals surface area contributed by atoms with Crippen molar-refractivity contribution in [2.45, 2.75) is 13.3 Å². The Balaban J connectivity index is 1.55. The first kappa shape index (κ1) is 19.9. The number of benzene rings is 2. The van der Waals surface area contributed by atoms with Crippen LogP contribution in [-0.2, 0) is 14.4 Å². The van der Waals surface area contributed by atoms with Gasteiger partial charge in [-0.15, -0.1) is 0 Å². The van der Waals surface area contributed by atoms with Crippen LogP contribution in [0.2, 0.25) is 0 Å². The number of nitrogens with zero attached hydrogens (tertiary/aromatic N) is 1. The van der Waals surface area contributed by atoms with Crippen molar-refractivity contribution >= 4 is 45.0 Å². The number of carbonyl (C=O) groups is 3. The van der Waals surface area contributed by atoms with Crippen molar-refractivity contribution in [3.05, 3.63) is 52.5 Å². The molecule has 146 valence electrons. The highest BCUT2D eigenvalue weighted by Gasteiger charge is 2.33. The lowest BCUT2D eigenvalue weighted by Crippen LogP contribution is -2.28. The summed E-state index contributed by atoms with van der Waals surface area (Å²) in [4.78, 5) is 36.9. The van der Waals surface area contributed by atoms with Crippen molar-refractivity contribution in [2.24, 2.45) is 11.7 Å². The third-order valence-electron chi connectivity index (χ3n) is 4.44. The molecule has 0 aromatic heterocycles. The van der Waals surface area contributed by atoms with E-state index in [1.807, 2.05) is 25.1 Å². The van der Waals surface area contributed by atoms with Gasteiger partial charge >= 0.3 is 0 Å². The van der Waals surface area contributed by atoms with Crippen LogP contribution in [0.15, 0.2) is 46.9 Å². The standard InChI is InChI=1S/C20H20BrN3O4/c1-12-2-7-17(16(21)8-12)23-18(25)11-28-15-5-3-14(4-6-15)24-10-13(20(22)27)9-19(24)26/h2-8,13H,9-11H2,1H3,(H2,22,27)(H,23,25)/t13-/m0/s1. The predicted molar refractivity (Wildman–Crippen MR) is 109 cm³/mol. The van der Waals surface area contributed by atoms with Crippen LogP contribution in [0.3, 0.4) is 0 Å². The van der Waals surface area contributed by atoms with Crippen LogP contribution < -0.4 is 20.7 Å². The van der Waals surface area contributed by atoms with Gasteiger partial charge in [0.1, 0.15) is 5.75 Å². The zero-order valence-corrected chi connectivity index (χ0v) is 16.9. The quantitative estimate of drug-likeness (QED) is 0.712. The van der Waals surface area contributed by atoms with Gasteiger partial charge in [-0.1, -0.05) is 6.07 Å². The van der Waals surface area contributed by atoms with Crippen molar-refractivity contribution < 1.29 is 19.1 Å². The number of aryl methyl sites for hydroxylation is 1. The maximum Gasteiger partial charge on any atom is 0.262 e. The van der Waals surface area contributed by atoms with Gasteiger partial charge in [-0.25, -0.2) is 0 Å². The molecule has 7 nitrogen and oxygen atoms in total. The van der Waals surface area contributed by atoms with Crippen molar-refractivity contribution in [1.29, 1.82) is 0 Å². The Hall–Kier alpha value is -2.87. The number of anilines is 2. The molecule has 28 heavy (non-hydrogen) atoms. The van der Waals surface area contributed by atoms with Crippen LogP contribution >= 0.6 is 15.9 Å². The summed E-state index contributed by atoms with van der Waals surface area (Å²) in [6.07, 6.45) is 0.127. The van der Waals surface area contributed by atoms with E-state index in [4.69, 9.17) is 10.5 Å². The van der Waals surface area contributed by atoms with Crippen molar-refractivity contribution in [3.63, 3.8) is 0 Å². The lowest BCUT2D eigenvalue weighted by Gasteiger charge is -2.16. The van der Waals surface area contributed by atoms with Gasteiger partial charge in [0.15, 0.2) is 6.61 Å². The molecule has 2 aromatic carbocycles. The van der Waals surface area contributed by atoms with Crippen molar-refractivity contribution in [1.82, 2.24) is 0 Å². The molecule has 0 aliphatic carbocycles. The summed E-state index contributed by atoms with van der Waals surface area (Å²) < 4.78 is 6.30. The first-order chi connectivity index (χ1) is 13.3. The number of ether oxygens (including phenoxy) is 1. The van der Waals surface area contributed by atoms with Gasteiger partial charge in [0.2, 0.25) is 11.8 Å². The average molecular weight is 446 g/mol. The Bertz CT molecular complexity index is 914. The normalized spacial score (nSPS) is 16.1. The van der Waals surface area contributed by atoms with E-state index in [1.54, 1.807) is 24.3 Å². The van der Waals surface area contributed by atoms with E-state index in [-0.39, 0.29) is 31.4 Å². The molecular formula is C20H20BrN3O4. The molecule has 1 heterocycles. The van der Waals surface area contributed by atoms with Gasteiger partial charge in [0, 0.05) is 23.1 Å². The average Bonchev–Trinajstić information content (AvgIpc) is 3.05. The predicted octanol–water partition coefficient (Wildman–Crippen LogP) is 2.61. The van der Waals surface area contributed by atoms with Gasteiger partial charge < -0.3 is 20.7 Å². The van der Waals surface area contributed by atoms with Crippen LogP contribution in [0.4, 0.5) is 11.4 Å². The maximum absolute atomic E-state index is 12.1. The van der Waals surface area contributed by atoms with Crippen LogP contribution in [0, 0.1) is 12.8 Å². The molecule has 2 aromatic rings. The maximum atomic E-state index is 12.1. The largest absolute Gasteiger partial charge is 0.484 e. The minimum absolute atomic E-state index is 0.127.